The minimum Gasteiger partial charge on any atom is -0.462 e. The van der Waals surface area contributed by atoms with E-state index < -0.39 is 12.2 Å². The SMILES string of the molecule is O=C(C=Cc1ccccc1)c1ccc(C(=O)OCCCCCCO[Si](Cl)(Cl)Cl)cc1. The maximum atomic E-state index is 12.2. The number of ketones is 1. The van der Waals surface area contributed by atoms with Crippen molar-refractivity contribution in [1.82, 2.24) is 0 Å². The molecule has 0 N–H and O–H groups in total. The molecule has 2 aromatic rings. The Kier molecular flexibility index (Phi) is 10.6. The van der Waals surface area contributed by atoms with Crippen LogP contribution in [0.25, 0.3) is 6.08 Å². The Morgan fingerprint density at radius 2 is 1.40 bits per heavy atom. The van der Waals surface area contributed by atoms with Gasteiger partial charge in [0.15, 0.2) is 5.78 Å². The normalized spacial score (nSPS) is 11.6. The number of hydrogen-bond donors (Lipinski definition) is 0. The molecule has 0 aliphatic heterocycles. The van der Waals surface area contributed by atoms with Gasteiger partial charge in [-0.25, -0.2) is 4.79 Å². The number of allylic oxidation sites excluding steroid dienone is 1. The smallest absolute Gasteiger partial charge is 0.462 e. The molecule has 8 heteroatoms. The highest BCUT2D eigenvalue weighted by Gasteiger charge is 2.26. The second-order valence-corrected chi connectivity index (χ2v) is 14.2. The lowest BCUT2D eigenvalue weighted by atomic mass is 10.1. The number of carbonyl (C=O) groups is 2. The standard InChI is InChI=1S/C22H23Cl3O4Si/c23-30(24,25)29-17-7-2-1-6-16-28-22(27)20-13-11-19(12-14-20)21(26)15-10-18-8-4-3-5-9-18/h3-5,8-15H,1-2,6-7,16-17H2. The van der Waals surface area contributed by atoms with E-state index in [0.29, 0.717) is 24.3 Å². The van der Waals surface area contributed by atoms with Crippen LogP contribution in [-0.4, -0.2) is 31.2 Å². The van der Waals surface area contributed by atoms with Gasteiger partial charge in [-0.3, -0.25) is 4.79 Å². The van der Waals surface area contributed by atoms with Crippen LogP contribution in [0.15, 0.2) is 60.7 Å². The molecule has 0 spiro atoms. The van der Waals surface area contributed by atoms with Gasteiger partial charge in [0.1, 0.15) is 0 Å². The second kappa shape index (κ2) is 12.9. The van der Waals surface area contributed by atoms with Crippen LogP contribution in [0.2, 0.25) is 0 Å². The molecule has 0 heterocycles. The van der Waals surface area contributed by atoms with Crippen LogP contribution >= 0.6 is 33.2 Å². The maximum Gasteiger partial charge on any atom is 0.493 e. The Morgan fingerprint density at radius 1 is 0.800 bits per heavy atom. The van der Waals surface area contributed by atoms with Crippen LogP contribution in [0.3, 0.4) is 0 Å². The summed E-state index contributed by atoms with van der Waals surface area (Å²) in [5.41, 5.74) is 1.88. The lowest BCUT2D eigenvalue weighted by Gasteiger charge is -2.09. The van der Waals surface area contributed by atoms with Crippen LogP contribution in [0.4, 0.5) is 0 Å². The Labute approximate surface area is 192 Å². The summed E-state index contributed by atoms with van der Waals surface area (Å²) in [7, 11) is 0. The van der Waals surface area contributed by atoms with Crippen molar-refractivity contribution >= 4 is 57.3 Å². The fraction of sp³-hybridized carbons (Fsp3) is 0.273. The third-order valence-corrected chi connectivity index (χ3v) is 5.68. The van der Waals surface area contributed by atoms with Gasteiger partial charge in [-0.15, -0.1) is 0 Å². The highest BCUT2D eigenvalue weighted by atomic mass is 35.8. The number of hydrogen-bond acceptors (Lipinski definition) is 4. The summed E-state index contributed by atoms with van der Waals surface area (Å²) >= 11 is 16.9. The summed E-state index contributed by atoms with van der Waals surface area (Å²) in [5, 5.41) is 0. The second-order valence-electron chi connectivity index (χ2n) is 6.53. The topological polar surface area (TPSA) is 52.6 Å². The Hall–Kier alpha value is -1.63. The summed E-state index contributed by atoms with van der Waals surface area (Å²) in [4.78, 5) is 24.3. The van der Waals surface area contributed by atoms with Gasteiger partial charge in [0, 0.05) is 12.2 Å². The quantitative estimate of drug-likeness (QED) is 0.0863. The van der Waals surface area contributed by atoms with Gasteiger partial charge in [0.25, 0.3) is 0 Å². The predicted octanol–water partition coefficient (Wildman–Crippen LogP) is 6.47. The average molecular weight is 486 g/mol. The number of ether oxygens (including phenoxy) is 1. The first-order chi connectivity index (χ1) is 14.3. The van der Waals surface area contributed by atoms with Crippen LogP contribution in [0, 0.1) is 0 Å². The average Bonchev–Trinajstić information content (AvgIpc) is 2.74. The number of carbonyl (C=O) groups excluding carboxylic acids is 2. The summed E-state index contributed by atoms with van der Waals surface area (Å²) in [6, 6.07) is 16.0. The van der Waals surface area contributed by atoms with E-state index in [4.69, 9.17) is 42.4 Å². The zero-order valence-electron chi connectivity index (χ0n) is 16.4. The molecule has 0 saturated carbocycles. The van der Waals surface area contributed by atoms with Crippen molar-refractivity contribution in [1.29, 1.82) is 0 Å². The molecule has 0 radical (unpaired) electrons. The predicted molar refractivity (Wildman–Crippen MR) is 124 cm³/mol. The molecular weight excluding hydrogens is 463 g/mol. The Bertz CT molecular complexity index is 834. The molecule has 0 unspecified atom stereocenters. The third kappa shape index (κ3) is 9.91. The van der Waals surface area contributed by atoms with Crippen LogP contribution in [-0.2, 0) is 9.16 Å². The fourth-order valence-corrected chi connectivity index (χ4v) is 3.67. The molecular formula is C22H23Cl3O4Si. The summed E-state index contributed by atoms with van der Waals surface area (Å²) in [6.45, 7) is 0.757. The molecule has 30 heavy (non-hydrogen) atoms. The Morgan fingerprint density at radius 3 is 2.03 bits per heavy atom. The fourth-order valence-electron chi connectivity index (χ4n) is 2.60. The molecule has 0 amide bonds. The molecule has 2 rings (SSSR count). The van der Waals surface area contributed by atoms with Gasteiger partial charge < -0.3 is 9.16 Å². The highest BCUT2D eigenvalue weighted by molar-refractivity contribution is 7.62. The largest absolute Gasteiger partial charge is 0.493 e. The van der Waals surface area contributed by atoms with E-state index in [1.54, 1.807) is 30.3 Å². The molecule has 0 aliphatic carbocycles. The number of rotatable bonds is 12. The van der Waals surface area contributed by atoms with Crippen molar-refractivity contribution < 1.29 is 18.8 Å². The van der Waals surface area contributed by atoms with Crippen molar-refractivity contribution in [3.63, 3.8) is 0 Å². The number of benzene rings is 2. The van der Waals surface area contributed by atoms with Crippen LogP contribution in [0.5, 0.6) is 0 Å². The first-order valence-corrected chi connectivity index (χ1v) is 14.5. The van der Waals surface area contributed by atoms with E-state index in [2.05, 4.69) is 0 Å². The van der Waals surface area contributed by atoms with E-state index >= 15 is 0 Å². The van der Waals surface area contributed by atoms with Gasteiger partial charge in [-0.05, 0) is 43.0 Å². The number of unbranched alkanes of at least 4 members (excludes halogenated alkanes) is 3. The molecule has 4 nitrogen and oxygen atoms in total. The van der Waals surface area contributed by atoms with Gasteiger partial charge >= 0.3 is 12.2 Å². The van der Waals surface area contributed by atoms with Gasteiger partial charge in [0.2, 0.25) is 0 Å². The van der Waals surface area contributed by atoms with Gasteiger partial charge in [0.05, 0.1) is 12.2 Å². The summed E-state index contributed by atoms with van der Waals surface area (Å²) < 4.78 is 10.4. The van der Waals surface area contributed by atoms with E-state index in [9.17, 15) is 9.59 Å². The van der Waals surface area contributed by atoms with E-state index in [0.717, 1.165) is 31.2 Å². The molecule has 0 fully saturated rings. The first-order valence-electron chi connectivity index (χ1n) is 9.60. The zero-order valence-corrected chi connectivity index (χ0v) is 19.6. The molecule has 160 valence electrons. The lowest BCUT2D eigenvalue weighted by molar-refractivity contribution is 0.0497. The van der Waals surface area contributed by atoms with E-state index in [-0.39, 0.29) is 5.78 Å². The van der Waals surface area contributed by atoms with Crippen molar-refractivity contribution in [2.75, 3.05) is 13.2 Å². The Balaban J connectivity index is 1.68. The van der Waals surface area contributed by atoms with Gasteiger partial charge in [-0.1, -0.05) is 88.2 Å². The number of esters is 1. The molecule has 2 aromatic carbocycles. The molecule has 0 atom stereocenters. The van der Waals surface area contributed by atoms with E-state index in [1.807, 2.05) is 30.3 Å². The summed E-state index contributed by atoms with van der Waals surface area (Å²) in [6.07, 6.45) is 3.62. The maximum absolute atomic E-state index is 12.2. The van der Waals surface area contributed by atoms with Crippen LogP contribution < -0.4 is 0 Å². The zero-order chi connectivity index (χ0) is 21.8. The van der Waals surface area contributed by atoms with Crippen molar-refractivity contribution in [2.45, 2.75) is 25.7 Å². The monoisotopic (exact) mass is 484 g/mol. The van der Waals surface area contributed by atoms with Crippen molar-refractivity contribution in [2.24, 2.45) is 0 Å². The third-order valence-electron chi connectivity index (χ3n) is 4.17. The first kappa shape index (κ1) is 24.6. The van der Waals surface area contributed by atoms with Crippen molar-refractivity contribution in [3.8, 4) is 0 Å². The summed E-state index contributed by atoms with van der Waals surface area (Å²) in [5.74, 6) is -0.528. The highest BCUT2D eigenvalue weighted by Crippen LogP contribution is 2.21. The minimum atomic E-state index is -2.99. The minimum absolute atomic E-state index is 0.125. The van der Waals surface area contributed by atoms with Gasteiger partial charge in [-0.2, -0.15) is 0 Å². The molecule has 0 saturated heterocycles. The van der Waals surface area contributed by atoms with Crippen LogP contribution in [0.1, 0.15) is 52.0 Å². The van der Waals surface area contributed by atoms with E-state index in [1.165, 1.54) is 6.08 Å². The molecule has 0 bridgehead atoms. The lowest BCUT2D eigenvalue weighted by Crippen LogP contribution is -2.16. The molecule has 0 aliphatic rings. The van der Waals surface area contributed by atoms with Crippen molar-refractivity contribution in [3.05, 3.63) is 77.4 Å². The number of halogens is 3. The molecule has 0 aromatic heterocycles.